The third-order valence-electron chi connectivity index (χ3n) is 4.99. The molecule has 1 N–H and O–H groups in total. The molecular weight excluding hydrogens is 286 g/mol. The Hall–Kier alpha value is -0.720. The number of nitrogens with zero attached hydrogens (tertiary/aromatic N) is 3. The lowest BCUT2D eigenvalue weighted by atomic mass is 9.58. The van der Waals surface area contributed by atoms with Crippen molar-refractivity contribution in [2.24, 2.45) is 5.41 Å². The smallest absolute Gasteiger partial charge is 0.208 e. The van der Waals surface area contributed by atoms with Crippen LogP contribution in [-0.4, -0.2) is 47.2 Å². The maximum absolute atomic E-state index is 10.2. The van der Waals surface area contributed by atoms with Crippen molar-refractivity contribution in [1.82, 2.24) is 10.2 Å². The monoisotopic (exact) mass is 311 g/mol. The van der Waals surface area contributed by atoms with Gasteiger partial charge in [-0.2, -0.15) is 0 Å². The lowest BCUT2D eigenvalue weighted by Gasteiger charge is -2.56. The Morgan fingerprint density at radius 2 is 2.10 bits per heavy atom. The predicted molar refractivity (Wildman–Crippen MR) is 83.8 cm³/mol. The molecule has 1 aliphatic carbocycles. The molecule has 2 atom stereocenters. The van der Waals surface area contributed by atoms with Crippen molar-refractivity contribution in [2.45, 2.75) is 58.2 Å². The first-order chi connectivity index (χ1) is 10.2. The van der Waals surface area contributed by atoms with Crippen LogP contribution in [0, 0.1) is 5.41 Å². The number of aliphatic hydroxyl groups is 1. The zero-order chi connectivity index (χ0) is 14.9. The summed E-state index contributed by atoms with van der Waals surface area (Å²) in [5.41, 5.74) is -0.0105. The lowest BCUT2D eigenvalue weighted by molar-refractivity contribution is -0.199. The topological polar surface area (TPSA) is 58.5 Å². The molecule has 0 amide bonds. The van der Waals surface area contributed by atoms with Gasteiger partial charge in [0, 0.05) is 38.0 Å². The fourth-order valence-electron chi connectivity index (χ4n) is 3.62. The summed E-state index contributed by atoms with van der Waals surface area (Å²) < 4.78 is 5.81. The molecule has 2 aliphatic rings. The summed E-state index contributed by atoms with van der Waals surface area (Å²) in [6.07, 6.45) is 4.95. The van der Waals surface area contributed by atoms with Gasteiger partial charge in [0.1, 0.15) is 5.01 Å². The first kappa shape index (κ1) is 15.2. The number of rotatable bonds is 5. The highest BCUT2D eigenvalue weighted by Crippen LogP contribution is 2.51. The Balaban J connectivity index is 1.61. The van der Waals surface area contributed by atoms with E-state index in [-0.39, 0.29) is 17.6 Å². The Morgan fingerprint density at radius 1 is 1.33 bits per heavy atom. The number of aromatic nitrogens is 2. The first-order valence-corrected chi connectivity index (χ1v) is 8.88. The van der Waals surface area contributed by atoms with E-state index in [0.717, 1.165) is 61.9 Å². The minimum absolute atomic E-state index is 0.0105. The van der Waals surface area contributed by atoms with Crippen LogP contribution in [0.5, 0.6) is 0 Å². The van der Waals surface area contributed by atoms with Gasteiger partial charge in [0.05, 0.1) is 12.2 Å². The van der Waals surface area contributed by atoms with Gasteiger partial charge in [0.2, 0.25) is 5.13 Å². The zero-order valence-electron chi connectivity index (χ0n) is 12.9. The third-order valence-corrected chi connectivity index (χ3v) is 6.04. The van der Waals surface area contributed by atoms with E-state index in [4.69, 9.17) is 4.74 Å². The van der Waals surface area contributed by atoms with Gasteiger partial charge in [0.25, 0.3) is 0 Å². The standard InChI is InChI=1S/C15H25N3O2S/c1-3-5-13-16-17-14(21-13)18-8-6-15(7-9-18)11(19)10-12(15)20-4-2/h11-12,19H,3-10H2,1-2H3/t11-,12+/m1/s1. The summed E-state index contributed by atoms with van der Waals surface area (Å²) in [7, 11) is 0. The molecule has 118 valence electrons. The van der Waals surface area contributed by atoms with Crippen LogP contribution in [0.3, 0.4) is 0 Å². The Labute approximate surface area is 130 Å². The second kappa shape index (κ2) is 6.18. The molecule has 6 heteroatoms. The van der Waals surface area contributed by atoms with E-state index in [0.29, 0.717) is 0 Å². The van der Waals surface area contributed by atoms with Gasteiger partial charge in [-0.25, -0.2) is 0 Å². The minimum atomic E-state index is -0.193. The molecule has 5 nitrogen and oxygen atoms in total. The Bertz CT molecular complexity index is 469. The molecule has 1 aromatic heterocycles. The first-order valence-electron chi connectivity index (χ1n) is 8.06. The van der Waals surface area contributed by atoms with Gasteiger partial charge in [-0.15, -0.1) is 10.2 Å². The SMILES string of the molecule is CCCc1nnc(N2CCC3(CC2)[C@H](O)C[C@@H]3OCC)s1. The van der Waals surface area contributed by atoms with Crippen molar-refractivity contribution in [3.05, 3.63) is 5.01 Å². The van der Waals surface area contributed by atoms with Gasteiger partial charge < -0.3 is 14.7 Å². The molecule has 1 saturated heterocycles. The van der Waals surface area contributed by atoms with Crippen LogP contribution in [0.1, 0.15) is 44.5 Å². The molecule has 0 radical (unpaired) electrons. The van der Waals surface area contributed by atoms with Crippen LogP contribution < -0.4 is 4.90 Å². The van der Waals surface area contributed by atoms with Crippen LogP contribution in [0.4, 0.5) is 5.13 Å². The molecule has 1 aromatic rings. The maximum atomic E-state index is 10.2. The van der Waals surface area contributed by atoms with Crippen molar-refractivity contribution in [3.8, 4) is 0 Å². The van der Waals surface area contributed by atoms with E-state index in [1.807, 2.05) is 6.92 Å². The van der Waals surface area contributed by atoms with Gasteiger partial charge in [-0.1, -0.05) is 18.3 Å². The number of piperidine rings is 1. The van der Waals surface area contributed by atoms with E-state index in [1.165, 1.54) is 0 Å². The number of hydrogen-bond acceptors (Lipinski definition) is 6. The average Bonchev–Trinajstić information content (AvgIpc) is 2.96. The van der Waals surface area contributed by atoms with Crippen molar-refractivity contribution in [2.75, 3.05) is 24.6 Å². The van der Waals surface area contributed by atoms with Gasteiger partial charge in [-0.3, -0.25) is 0 Å². The summed E-state index contributed by atoms with van der Waals surface area (Å²) in [6, 6.07) is 0. The molecule has 0 bridgehead atoms. The highest BCUT2D eigenvalue weighted by molar-refractivity contribution is 7.15. The van der Waals surface area contributed by atoms with Crippen molar-refractivity contribution in [1.29, 1.82) is 0 Å². The second-order valence-corrected chi connectivity index (χ2v) is 7.18. The average molecular weight is 311 g/mol. The number of aliphatic hydroxyl groups excluding tert-OH is 1. The summed E-state index contributed by atoms with van der Waals surface area (Å²) >= 11 is 1.71. The summed E-state index contributed by atoms with van der Waals surface area (Å²) in [4.78, 5) is 2.32. The number of anilines is 1. The third kappa shape index (κ3) is 2.69. The van der Waals surface area contributed by atoms with E-state index < -0.39 is 0 Å². The van der Waals surface area contributed by atoms with E-state index in [9.17, 15) is 5.11 Å². The molecule has 0 aromatic carbocycles. The van der Waals surface area contributed by atoms with Gasteiger partial charge >= 0.3 is 0 Å². The molecule has 2 heterocycles. The molecular formula is C15H25N3O2S. The van der Waals surface area contributed by atoms with Crippen molar-refractivity contribution >= 4 is 16.5 Å². The zero-order valence-corrected chi connectivity index (χ0v) is 13.7. The van der Waals surface area contributed by atoms with E-state index in [2.05, 4.69) is 22.0 Å². The van der Waals surface area contributed by atoms with Crippen molar-refractivity contribution in [3.63, 3.8) is 0 Å². The molecule has 1 spiro atoms. The largest absolute Gasteiger partial charge is 0.392 e. The highest BCUT2D eigenvalue weighted by Gasteiger charge is 2.56. The van der Waals surface area contributed by atoms with Gasteiger partial charge in [-0.05, 0) is 26.2 Å². The molecule has 1 saturated carbocycles. The molecule has 3 rings (SSSR count). The number of aryl methyl sites for hydroxylation is 1. The predicted octanol–water partition coefficient (Wildman–Crippen LogP) is 2.25. The van der Waals surface area contributed by atoms with E-state index >= 15 is 0 Å². The molecule has 2 fully saturated rings. The lowest BCUT2D eigenvalue weighted by Crippen LogP contribution is -2.62. The minimum Gasteiger partial charge on any atom is -0.392 e. The fourth-order valence-corrected chi connectivity index (χ4v) is 4.61. The van der Waals surface area contributed by atoms with Crippen molar-refractivity contribution < 1.29 is 9.84 Å². The summed E-state index contributed by atoms with van der Waals surface area (Å²) in [5, 5.41) is 21.0. The quantitative estimate of drug-likeness (QED) is 0.904. The number of ether oxygens (including phenoxy) is 1. The molecule has 1 aliphatic heterocycles. The van der Waals surface area contributed by atoms with Crippen LogP contribution in [0.25, 0.3) is 0 Å². The van der Waals surface area contributed by atoms with Crippen LogP contribution in [0.2, 0.25) is 0 Å². The van der Waals surface area contributed by atoms with Crippen LogP contribution in [0.15, 0.2) is 0 Å². The normalized spacial score (nSPS) is 27.9. The summed E-state index contributed by atoms with van der Waals surface area (Å²) in [6.45, 7) is 6.82. The fraction of sp³-hybridized carbons (Fsp3) is 0.867. The molecule has 0 unspecified atom stereocenters. The van der Waals surface area contributed by atoms with E-state index in [1.54, 1.807) is 11.3 Å². The summed E-state index contributed by atoms with van der Waals surface area (Å²) in [5.74, 6) is 0. The Kier molecular flexibility index (Phi) is 4.47. The maximum Gasteiger partial charge on any atom is 0.208 e. The van der Waals surface area contributed by atoms with Crippen LogP contribution >= 0.6 is 11.3 Å². The Morgan fingerprint density at radius 3 is 2.71 bits per heavy atom. The molecule has 21 heavy (non-hydrogen) atoms. The highest BCUT2D eigenvalue weighted by atomic mass is 32.1. The number of hydrogen-bond donors (Lipinski definition) is 1. The van der Waals surface area contributed by atoms with Gasteiger partial charge in [0.15, 0.2) is 0 Å². The second-order valence-electron chi connectivity index (χ2n) is 6.14. The van der Waals surface area contributed by atoms with Crippen LogP contribution in [-0.2, 0) is 11.2 Å².